The summed E-state index contributed by atoms with van der Waals surface area (Å²) >= 11 is 6.94. The first-order chi connectivity index (χ1) is 11.8. The van der Waals surface area contributed by atoms with Gasteiger partial charge in [0.25, 0.3) is 5.91 Å². The predicted octanol–water partition coefficient (Wildman–Crippen LogP) is 3.06. The fourth-order valence-corrected chi connectivity index (χ4v) is 3.62. The van der Waals surface area contributed by atoms with E-state index in [1.807, 2.05) is 0 Å². The molecule has 1 aliphatic heterocycles. The summed E-state index contributed by atoms with van der Waals surface area (Å²) in [5.41, 5.74) is -0.614. The number of hydrogen-bond acceptors (Lipinski definition) is 5. The molecule has 8 heteroatoms. The van der Waals surface area contributed by atoms with Crippen molar-refractivity contribution in [3.05, 3.63) is 51.2 Å². The normalized spacial score (nSPS) is 19.9. The van der Waals surface area contributed by atoms with Crippen LogP contribution < -0.4 is 10.1 Å². The van der Waals surface area contributed by atoms with Crippen LogP contribution in [0, 0.1) is 0 Å². The number of carbonyl (C=O) groups is 3. The zero-order valence-electron chi connectivity index (χ0n) is 13.5. The van der Waals surface area contributed by atoms with Crippen molar-refractivity contribution in [2.45, 2.75) is 12.5 Å². The number of methoxy groups -OCH3 is 1. The summed E-state index contributed by atoms with van der Waals surface area (Å²) in [7, 11) is 1.55. The molecule has 3 amide bonds. The van der Waals surface area contributed by atoms with Crippen molar-refractivity contribution in [1.82, 2.24) is 10.2 Å². The second-order valence-corrected chi connectivity index (χ2v) is 7.42. The van der Waals surface area contributed by atoms with Crippen LogP contribution in [0.1, 0.15) is 22.2 Å². The Morgan fingerprint density at radius 1 is 1.24 bits per heavy atom. The van der Waals surface area contributed by atoms with Gasteiger partial charge in [0.05, 0.1) is 22.9 Å². The number of amides is 3. The van der Waals surface area contributed by atoms with Gasteiger partial charge in [-0.25, -0.2) is 4.79 Å². The van der Waals surface area contributed by atoms with Gasteiger partial charge < -0.3 is 10.1 Å². The summed E-state index contributed by atoms with van der Waals surface area (Å²) in [5, 5.41) is 2.67. The van der Waals surface area contributed by atoms with Crippen molar-refractivity contribution < 1.29 is 19.1 Å². The van der Waals surface area contributed by atoms with Gasteiger partial charge in [0, 0.05) is 0 Å². The maximum atomic E-state index is 12.8. The van der Waals surface area contributed by atoms with E-state index >= 15 is 0 Å². The minimum absolute atomic E-state index is 0.326. The minimum Gasteiger partial charge on any atom is -0.497 e. The Balaban J connectivity index is 1.82. The molecule has 2 aromatic rings. The summed E-state index contributed by atoms with van der Waals surface area (Å²) in [6.45, 7) is 1.29. The highest BCUT2D eigenvalue weighted by Crippen LogP contribution is 2.30. The van der Waals surface area contributed by atoms with Crippen LogP contribution in [0.15, 0.2) is 36.4 Å². The summed E-state index contributed by atoms with van der Waals surface area (Å²) in [5.74, 6) is -0.163. The van der Waals surface area contributed by atoms with Crippen LogP contribution in [0.3, 0.4) is 0 Å². The van der Waals surface area contributed by atoms with Gasteiger partial charge in [-0.05, 0) is 36.8 Å². The predicted molar refractivity (Wildman–Crippen MR) is 94.3 cm³/mol. The first kappa shape index (κ1) is 17.4. The molecule has 25 heavy (non-hydrogen) atoms. The van der Waals surface area contributed by atoms with E-state index in [2.05, 4.69) is 5.32 Å². The number of nitrogens with zero attached hydrogens (tertiary/aromatic N) is 1. The van der Waals surface area contributed by atoms with Crippen molar-refractivity contribution in [3.8, 4) is 5.75 Å². The topological polar surface area (TPSA) is 75.7 Å². The molecule has 1 N–H and O–H groups in total. The summed E-state index contributed by atoms with van der Waals surface area (Å²) in [6, 6.07) is 9.42. The molecule has 0 saturated carbocycles. The van der Waals surface area contributed by atoms with Gasteiger partial charge in [-0.3, -0.25) is 14.5 Å². The number of ether oxygens (including phenoxy) is 1. The molecule has 1 aliphatic rings. The minimum atomic E-state index is -1.23. The summed E-state index contributed by atoms with van der Waals surface area (Å²) in [6.07, 6.45) is 0. The average molecular weight is 379 g/mol. The number of carbonyl (C=O) groups excluding carboxylic acids is 3. The third-order valence-corrected chi connectivity index (χ3v) is 5.36. The van der Waals surface area contributed by atoms with E-state index in [0.29, 0.717) is 20.5 Å². The van der Waals surface area contributed by atoms with E-state index < -0.39 is 17.5 Å². The third-order valence-electron chi connectivity index (χ3n) is 4.09. The Morgan fingerprint density at radius 2 is 1.92 bits per heavy atom. The van der Waals surface area contributed by atoms with E-state index in [9.17, 15) is 14.4 Å². The molecule has 0 aliphatic carbocycles. The SMILES string of the molecule is COc1ccc(C2(C)NC(=O)N(CC(=O)c3ccc(Cl)s3)C2=O)cc1. The number of ketones is 1. The summed E-state index contributed by atoms with van der Waals surface area (Å²) < 4.78 is 5.58. The fourth-order valence-electron chi connectivity index (χ4n) is 2.65. The first-order valence-corrected chi connectivity index (χ1v) is 8.62. The Bertz CT molecular complexity index is 849. The molecule has 0 radical (unpaired) electrons. The molecule has 1 unspecified atom stereocenters. The fraction of sp³-hybridized carbons (Fsp3) is 0.235. The zero-order chi connectivity index (χ0) is 18.2. The first-order valence-electron chi connectivity index (χ1n) is 7.42. The van der Waals surface area contributed by atoms with E-state index in [-0.39, 0.29) is 12.3 Å². The second kappa shape index (κ2) is 6.50. The van der Waals surface area contributed by atoms with Gasteiger partial charge in [-0.2, -0.15) is 0 Å². The van der Waals surface area contributed by atoms with E-state index in [0.717, 1.165) is 16.2 Å². The van der Waals surface area contributed by atoms with Gasteiger partial charge in [0.1, 0.15) is 11.3 Å². The lowest BCUT2D eigenvalue weighted by Gasteiger charge is -2.22. The van der Waals surface area contributed by atoms with Crippen LogP contribution in [0.25, 0.3) is 0 Å². The van der Waals surface area contributed by atoms with Gasteiger partial charge in [0.15, 0.2) is 5.78 Å². The van der Waals surface area contributed by atoms with Crippen molar-refractivity contribution in [3.63, 3.8) is 0 Å². The van der Waals surface area contributed by atoms with E-state index in [1.54, 1.807) is 50.4 Å². The number of hydrogen-bond donors (Lipinski definition) is 1. The van der Waals surface area contributed by atoms with Crippen molar-refractivity contribution >= 4 is 40.7 Å². The number of benzene rings is 1. The smallest absolute Gasteiger partial charge is 0.325 e. The molecule has 6 nitrogen and oxygen atoms in total. The number of rotatable bonds is 5. The van der Waals surface area contributed by atoms with Crippen molar-refractivity contribution in [2.24, 2.45) is 0 Å². The Labute approximate surface area is 153 Å². The highest BCUT2D eigenvalue weighted by molar-refractivity contribution is 7.18. The van der Waals surface area contributed by atoms with Crippen LogP contribution in [0.4, 0.5) is 4.79 Å². The van der Waals surface area contributed by atoms with Crippen LogP contribution in [-0.2, 0) is 10.3 Å². The Hall–Kier alpha value is -2.38. The highest BCUT2D eigenvalue weighted by atomic mass is 35.5. The number of nitrogens with one attached hydrogen (secondary N) is 1. The standard InChI is InChI=1S/C17H15ClN2O4S/c1-17(10-3-5-11(24-2)6-4-10)15(22)20(16(23)19-17)9-12(21)13-7-8-14(18)25-13/h3-8H,9H2,1-2H3,(H,19,23). The Morgan fingerprint density at radius 3 is 2.48 bits per heavy atom. The van der Waals surface area contributed by atoms with Crippen molar-refractivity contribution in [2.75, 3.05) is 13.7 Å². The van der Waals surface area contributed by atoms with Crippen LogP contribution in [0.2, 0.25) is 4.34 Å². The summed E-state index contributed by atoms with van der Waals surface area (Å²) in [4.78, 5) is 38.7. The number of Topliss-reactive ketones (excluding diaryl/α,β-unsaturated/α-hetero) is 1. The van der Waals surface area contributed by atoms with Gasteiger partial charge in [-0.15, -0.1) is 11.3 Å². The molecular formula is C17H15ClN2O4S. The lowest BCUT2D eigenvalue weighted by atomic mass is 9.92. The third kappa shape index (κ3) is 3.12. The molecule has 0 spiro atoms. The maximum Gasteiger partial charge on any atom is 0.325 e. The average Bonchev–Trinajstić information content (AvgIpc) is 3.13. The molecule has 130 valence electrons. The molecule has 1 atom stereocenters. The van der Waals surface area contributed by atoms with Gasteiger partial charge in [0.2, 0.25) is 0 Å². The largest absolute Gasteiger partial charge is 0.497 e. The monoisotopic (exact) mass is 378 g/mol. The zero-order valence-corrected chi connectivity index (χ0v) is 15.1. The number of urea groups is 1. The van der Waals surface area contributed by atoms with Crippen molar-refractivity contribution in [1.29, 1.82) is 0 Å². The van der Waals surface area contributed by atoms with Crippen LogP contribution >= 0.6 is 22.9 Å². The number of imide groups is 1. The molecule has 1 fully saturated rings. The number of thiophene rings is 1. The lowest BCUT2D eigenvalue weighted by Crippen LogP contribution is -2.41. The van der Waals surface area contributed by atoms with E-state index in [4.69, 9.17) is 16.3 Å². The highest BCUT2D eigenvalue weighted by Gasteiger charge is 2.49. The molecular weight excluding hydrogens is 364 g/mol. The van der Waals surface area contributed by atoms with Crippen LogP contribution in [-0.4, -0.2) is 36.3 Å². The lowest BCUT2D eigenvalue weighted by molar-refractivity contribution is -0.130. The van der Waals surface area contributed by atoms with Crippen LogP contribution in [0.5, 0.6) is 5.75 Å². The molecule has 1 aromatic heterocycles. The maximum absolute atomic E-state index is 12.8. The molecule has 2 heterocycles. The molecule has 3 rings (SSSR count). The van der Waals surface area contributed by atoms with Gasteiger partial charge in [-0.1, -0.05) is 23.7 Å². The number of halogens is 1. The Kier molecular flexibility index (Phi) is 4.53. The quantitative estimate of drug-likeness (QED) is 0.641. The molecule has 1 aromatic carbocycles. The van der Waals surface area contributed by atoms with E-state index in [1.165, 1.54) is 0 Å². The molecule has 1 saturated heterocycles. The second-order valence-electron chi connectivity index (χ2n) is 5.70. The van der Waals surface area contributed by atoms with Gasteiger partial charge >= 0.3 is 6.03 Å². The molecule has 0 bridgehead atoms.